The lowest BCUT2D eigenvalue weighted by Gasteiger charge is -2.16. The highest BCUT2D eigenvalue weighted by atomic mass is 31.2. The Morgan fingerprint density at radius 1 is 1.17 bits per heavy atom. The van der Waals surface area contributed by atoms with Gasteiger partial charge in [-0.15, -0.1) is 0 Å². The van der Waals surface area contributed by atoms with E-state index >= 15 is 0 Å². The molecule has 0 radical (unpaired) electrons. The molecular formula is C9H13O8P. The van der Waals surface area contributed by atoms with Crippen LogP contribution in [0.4, 0.5) is 0 Å². The molecule has 0 rings (SSSR count). The van der Waals surface area contributed by atoms with Gasteiger partial charge in [0.1, 0.15) is 0 Å². The van der Waals surface area contributed by atoms with E-state index in [1.54, 1.807) is 0 Å². The number of phosphoric acid groups is 1. The fraction of sp³-hybridized carbons (Fsp3) is 0.333. The Kier molecular flexibility index (Phi) is 7.14. The second kappa shape index (κ2) is 7.78. The van der Waals surface area contributed by atoms with E-state index in [9.17, 15) is 14.2 Å². The highest BCUT2D eigenvalue weighted by molar-refractivity contribution is 7.46. The van der Waals surface area contributed by atoms with E-state index in [-0.39, 0.29) is 6.42 Å². The van der Waals surface area contributed by atoms with Crippen LogP contribution >= 0.6 is 7.82 Å². The van der Waals surface area contributed by atoms with Gasteiger partial charge in [-0.1, -0.05) is 13.2 Å². The molecule has 0 aliphatic heterocycles. The van der Waals surface area contributed by atoms with Crippen LogP contribution in [-0.2, 0) is 28.2 Å². The van der Waals surface area contributed by atoms with Gasteiger partial charge in [-0.05, 0) is 0 Å². The summed E-state index contributed by atoms with van der Waals surface area (Å²) in [6, 6.07) is 0. The summed E-state index contributed by atoms with van der Waals surface area (Å²) in [5.41, 5.74) is 0. The van der Waals surface area contributed by atoms with Gasteiger partial charge in [-0.3, -0.25) is 4.52 Å². The third kappa shape index (κ3) is 8.66. The normalized spacial score (nSPS) is 10.8. The minimum Gasteiger partial charge on any atom is -0.422 e. The summed E-state index contributed by atoms with van der Waals surface area (Å²) in [5, 5.41) is 0. The molecule has 0 aliphatic carbocycles. The molecule has 0 aliphatic rings. The molecule has 0 saturated carbocycles. The first-order valence-electron chi connectivity index (χ1n) is 4.64. The first kappa shape index (κ1) is 16.5. The minimum absolute atomic E-state index is 0.246. The number of ether oxygens (including phenoxy) is 2. The summed E-state index contributed by atoms with van der Waals surface area (Å²) < 4.78 is 23.7. The van der Waals surface area contributed by atoms with Gasteiger partial charge in [0.2, 0.25) is 6.29 Å². The lowest BCUT2D eigenvalue weighted by Crippen LogP contribution is -2.24. The molecule has 0 aromatic rings. The second-order valence-corrected chi connectivity index (χ2v) is 4.06. The molecule has 0 fully saturated rings. The summed E-state index contributed by atoms with van der Waals surface area (Å²) >= 11 is 0. The van der Waals surface area contributed by atoms with Gasteiger partial charge in [0.05, 0.1) is 6.61 Å². The molecular weight excluding hydrogens is 267 g/mol. The van der Waals surface area contributed by atoms with E-state index in [0.29, 0.717) is 0 Å². The molecule has 0 spiro atoms. The standard InChI is InChI=1S/C9H13O8P/c1-3-7(10)16-9(17-8(11)4-2)5-6-15-18(12,13)14/h3-4,9H,1-2,5-6H2,(H2,12,13,14). The number of carbonyl (C=O) groups excluding carboxylic acids is 2. The van der Waals surface area contributed by atoms with Gasteiger partial charge in [0.15, 0.2) is 0 Å². The first-order chi connectivity index (χ1) is 8.28. The van der Waals surface area contributed by atoms with Crippen molar-refractivity contribution in [3.05, 3.63) is 25.3 Å². The molecule has 0 bridgehead atoms. The van der Waals surface area contributed by atoms with Crippen molar-refractivity contribution in [2.75, 3.05) is 6.61 Å². The predicted octanol–water partition coefficient (Wildman–Crippen LogP) is 0.270. The van der Waals surface area contributed by atoms with Crippen LogP contribution in [0.3, 0.4) is 0 Å². The molecule has 0 heterocycles. The lowest BCUT2D eigenvalue weighted by atomic mass is 10.4. The summed E-state index contributed by atoms with van der Waals surface area (Å²) in [5.74, 6) is -1.71. The third-order valence-corrected chi connectivity index (χ3v) is 1.96. The molecule has 102 valence electrons. The number of phosphoric ester groups is 1. The fourth-order valence-electron chi connectivity index (χ4n) is 0.765. The minimum atomic E-state index is -4.63. The van der Waals surface area contributed by atoms with Crippen LogP contribution in [0.1, 0.15) is 6.42 Å². The van der Waals surface area contributed by atoms with Crippen LogP contribution in [0.5, 0.6) is 0 Å². The van der Waals surface area contributed by atoms with Crippen molar-refractivity contribution in [1.82, 2.24) is 0 Å². The molecule has 0 aromatic heterocycles. The van der Waals surface area contributed by atoms with Crippen LogP contribution in [0, 0.1) is 0 Å². The van der Waals surface area contributed by atoms with Crippen LogP contribution in [0.2, 0.25) is 0 Å². The number of hydrogen-bond donors (Lipinski definition) is 2. The molecule has 0 saturated heterocycles. The van der Waals surface area contributed by atoms with Crippen LogP contribution < -0.4 is 0 Å². The van der Waals surface area contributed by atoms with Crippen LogP contribution in [0.25, 0.3) is 0 Å². The van der Waals surface area contributed by atoms with Crippen LogP contribution in [-0.4, -0.2) is 34.6 Å². The van der Waals surface area contributed by atoms with Gasteiger partial charge in [-0.2, -0.15) is 0 Å². The average molecular weight is 280 g/mol. The highest BCUT2D eigenvalue weighted by Gasteiger charge is 2.20. The molecule has 0 unspecified atom stereocenters. The monoisotopic (exact) mass is 280 g/mol. The van der Waals surface area contributed by atoms with Crippen LogP contribution in [0.15, 0.2) is 25.3 Å². The third-order valence-electron chi connectivity index (χ3n) is 1.44. The van der Waals surface area contributed by atoms with Crippen molar-refractivity contribution >= 4 is 19.8 Å². The number of carbonyl (C=O) groups is 2. The molecule has 0 atom stereocenters. The Hall–Kier alpha value is -1.47. The summed E-state index contributed by atoms with van der Waals surface area (Å²) in [7, 11) is -4.63. The number of esters is 2. The van der Waals surface area contributed by atoms with Gasteiger partial charge in [0, 0.05) is 18.6 Å². The molecule has 8 nitrogen and oxygen atoms in total. The smallest absolute Gasteiger partial charge is 0.422 e. The number of hydrogen-bond acceptors (Lipinski definition) is 6. The zero-order chi connectivity index (χ0) is 14.2. The van der Waals surface area contributed by atoms with Crippen molar-refractivity contribution in [2.24, 2.45) is 0 Å². The van der Waals surface area contributed by atoms with E-state index in [2.05, 4.69) is 27.2 Å². The Morgan fingerprint density at radius 3 is 1.94 bits per heavy atom. The molecule has 18 heavy (non-hydrogen) atoms. The zero-order valence-electron chi connectivity index (χ0n) is 9.35. The quantitative estimate of drug-likeness (QED) is 0.281. The van der Waals surface area contributed by atoms with Crippen molar-refractivity contribution in [3.8, 4) is 0 Å². The first-order valence-corrected chi connectivity index (χ1v) is 6.17. The number of rotatable bonds is 8. The van der Waals surface area contributed by atoms with E-state index in [0.717, 1.165) is 12.2 Å². The maximum absolute atomic E-state index is 10.9. The summed E-state index contributed by atoms with van der Waals surface area (Å²) in [6.45, 7) is 5.81. The topological polar surface area (TPSA) is 119 Å². The summed E-state index contributed by atoms with van der Waals surface area (Å²) in [4.78, 5) is 38.7. The van der Waals surface area contributed by atoms with Crippen molar-refractivity contribution in [2.45, 2.75) is 12.7 Å². The van der Waals surface area contributed by atoms with Crippen molar-refractivity contribution < 1.29 is 37.9 Å². The van der Waals surface area contributed by atoms with Gasteiger partial charge in [0.25, 0.3) is 0 Å². The Balaban J connectivity index is 4.32. The average Bonchev–Trinajstić information content (AvgIpc) is 2.26. The summed E-state index contributed by atoms with van der Waals surface area (Å²) in [6.07, 6.45) is 0.106. The Bertz CT molecular complexity index is 349. The SMILES string of the molecule is C=CC(=O)OC(CCOP(=O)(O)O)OC(=O)C=C. The molecule has 0 amide bonds. The van der Waals surface area contributed by atoms with Gasteiger partial charge in [-0.25, -0.2) is 14.2 Å². The van der Waals surface area contributed by atoms with Crippen molar-refractivity contribution in [3.63, 3.8) is 0 Å². The van der Waals surface area contributed by atoms with E-state index < -0.39 is 32.7 Å². The highest BCUT2D eigenvalue weighted by Crippen LogP contribution is 2.35. The van der Waals surface area contributed by atoms with Crippen molar-refractivity contribution in [1.29, 1.82) is 0 Å². The maximum Gasteiger partial charge on any atom is 0.469 e. The lowest BCUT2D eigenvalue weighted by molar-refractivity contribution is -0.182. The Morgan fingerprint density at radius 2 is 1.61 bits per heavy atom. The maximum atomic E-state index is 10.9. The van der Waals surface area contributed by atoms with Gasteiger partial charge >= 0.3 is 19.8 Å². The van der Waals surface area contributed by atoms with E-state index in [4.69, 9.17) is 9.79 Å². The molecule has 2 N–H and O–H groups in total. The second-order valence-electron chi connectivity index (χ2n) is 2.82. The van der Waals surface area contributed by atoms with Gasteiger partial charge < -0.3 is 19.3 Å². The molecule has 0 aromatic carbocycles. The van der Waals surface area contributed by atoms with E-state index in [1.807, 2.05) is 0 Å². The largest absolute Gasteiger partial charge is 0.469 e. The predicted molar refractivity (Wildman–Crippen MR) is 59.0 cm³/mol. The molecule has 9 heteroatoms. The fourth-order valence-corrected chi connectivity index (χ4v) is 1.11. The van der Waals surface area contributed by atoms with E-state index in [1.165, 1.54) is 0 Å². The Labute approximate surface area is 103 Å². The zero-order valence-corrected chi connectivity index (χ0v) is 10.2.